The minimum atomic E-state index is -0.968. The molecule has 0 amide bonds. The molecule has 0 aliphatic heterocycles. The summed E-state index contributed by atoms with van der Waals surface area (Å²) in [5, 5.41) is 10.3. The summed E-state index contributed by atoms with van der Waals surface area (Å²) in [6.07, 6.45) is -0.968. The SMILES string of the molecule is COc1c(C)cc(C(O)c2ccccc2F)cc1C. The number of aliphatic hydroxyl groups is 1. The third-order valence-corrected chi connectivity index (χ3v) is 3.20. The molecule has 0 saturated carbocycles. The van der Waals surface area contributed by atoms with E-state index >= 15 is 0 Å². The Morgan fingerprint density at radius 2 is 1.68 bits per heavy atom. The number of aliphatic hydroxyl groups excluding tert-OH is 1. The van der Waals surface area contributed by atoms with Crippen molar-refractivity contribution in [3.63, 3.8) is 0 Å². The molecule has 0 spiro atoms. The molecule has 0 saturated heterocycles. The molecule has 3 heteroatoms. The first kappa shape index (κ1) is 13.6. The van der Waals surface area contributed by atoms with Gasteiger partial charge in [-0.15, -0.1) is 0 Å². The molecular formula is C16H17FO2. The standard InChI is InChI=1S/C16H17FO2/c1-10-8-12(9-11(2)16(10)19-3)15(18)13-6-4-5-7-14(13)17/h4-9,15,18H,1-3H3. The molecular weight excluding hydrogens is 243 g/mol. The summed E-state index contributed by atoms with van der Waals surface area (Å²) in [6.45, 7) is 3.81. The summed E-state index contributed by atoms with van der Waals surface area (Å²) in [5.74, 6) is 0.394. The van der Waals surface area contributed by atoms with Gasteiger partial charge in [-0.3, -0.25) is 0 Å². The highest BCUT2D eigenvalue weighted by Crippen LogP contribution is 2.30. The van der Waals surface area contributed by atoms with Crippen molar-refractivity contribution in [2.45, 2.75) is 20.0 Å². The van der Waals surface area contributed by atoms with Crippen molar-refractivity contribution in [3.05, 3.63) is 64.5 Å². The first-order chi connectivity index (χ1) is 9.04. The monoisotopic (exact) mass is 260 g/mol. The topological polar surface area (TPSA) is 29.5 Å². The Morgan fingerprint density at radius 3 is 2.21 bits per heavy atom. The molecule has 0 fully saturated rings. The summed E-state index contributed by atoms with van der Waals surface area (Å²) >= 11 is 0. The van der Waals surface area contributed by atoms with Crippen LogP contribution in [-0.4, -0.2) is 12.2 Å². The Hall–Kier alpha value is -1.87. The van der Waals surface area contributed by atoms with E-state index in [2.05, 4.69) is 0 Å². The first-order valence-electron chi connectivity index (χ1n) is 6.12. The number of aryl methyl sites for hydroxylation is 2. The maximum atomic E-state index is 13.7. The number of ether oxygens (including phenoxy) is 1. The molecule has 1 atom stereocenters. The van der Waals surface area contributed by atoms with Gasteiger partial charge >= 0.3 is 0 Å². The number of benzene rings is 2. The molecule has 19 heavy (non-hydrogen) atoms. The van der Waals surface area contributed by atoms with Gasteiger partial charge in [-0.2, -0.15) is 0 Å². The second kappa shape index (κ2) is 5.41. The molecule has 100 valence electrons. The van der Waals surface area contributed by atoms with Crippen LogP contribution in [0.15, 0.2) is 36.4 Å². The van der Waals surface area contributed by atoms with Gasteiger partial charge in [-0.1, -0.05) is 18.2 Å². The molecule has 0 aromatic heterocycles. The fourth-order valence-corrected chi connectivity index (χ4v) is 2.34. The second-order valence-electron chi connectivity index (χ2n) is 4.61. The summed E-state index contributed by atoms with van der Waals surface area (Å²) < 4.78 is 19.0. The molecule has 1 N–H and O–H groups in total. The average molecular weight is 260 g/mol. The van der Waals surface area contributed by atoms with E-state index in [9.17, 15) is 9.50 Å². The molecule has 0 bridgehead atoms. The van der Waals surface area contributed by atoms with Crippen molar-refractivity contribution in [3.8, 4) is 5.75 Å². The summed E-state index contributed by atoms with van der Waals surface area (Å²) in [7, 11) is 1.61. The molecule has 2 aromatic carbocycles. The third kappa shape index (κ3) is 2.61. The van der Waals surface area contributed by atoms with Gasteiger partial charge in [-0.25, -0.2) is 4.39 Å². The third-order valence-electron chi connectivity index (χ3n) is 3.20. The minimum absolute atomic E-state index is 0.284. The van der Waals surface area contributed by atoms with Crippen molar-refractivity contribution >= 4 is 0 Å². The molecule has 2 nitrogen and oxygen atoms in total. The van der Waals surface area contributed by atoms with E-state index in [1.54, 1.807) is 25.3 Å². The molecule has 0 radical (unpaired) electrons. The van der Waals surface area contributed by atoms with E-state index in [0.29, 0.717) is 5.56 Å². The van der Waals surface area contributed by atoms with Crippen molar-refractivity contribution in [1.82, 2.24) is 0 Å². The normalized spacial score (nSPS) is 12.3. The smallest absolute Gasteiger partial charge is 0.129 e. The quantitative estimate of drug-likeness (QED) is 0.914. The summed E-state index contributed by atoms with van der Waals surface area (Å²) in [5.41, 5.74) is 2.80. The highest BCUT2D eigenvalue weighted by atomic mass is 19.1. The zero-order valence-electron chi connectivity index (χ0n) is 11.3. The highest BCUT2D eigenvalue weighted by Gasteiger charge is 2.16. The molecule has 2 rings (SSSR count). The first-order valence-corrected chi connectivity index (χ1v) is 6.12. The van der Waals surface area contributed by atoms with Crippen molar-refractivity contribution in [2.75, 3.05) is 7.11 Å². The van der Waals surface area contributed by atoms with Crippen LogP contribution in [-0.2, 0) is 0 Å². The second-order valence-corrected chi connectivity index (χ2v) is 4.61. The van der Waals surface area contributed by atoms with Gasteiger partial charge in [0, 0.05) is 5.56 Å². The van der Waals surface area contributed by atoms with Gasteiger partial charge in [0.15, 0.2) is 0 Å². The maximum absolute atomic E-state index is 13.7. The fraction of sp³-hybridized carbons (Fsp3) is 0.250. The molecule has 1 unspecified atom stereocenters. The Bertz CT molecular complexity index is 570. The predicted molar refractivity (Wildman–Crippen MR) is 72.9 cm³/mol. The highest BCUT2D eigenvalue weighted by molar-refractivity contribution is 5.45. The Balaban J connectivity index is 2.45. The molecule has 0 aliphatic rings. The van der Waals surface area contributed by atoms with Crippen molar-refractivity contribution in [1.29, 1.82) is 0 Å². The predicted octanol–water partition coefficient (Wildman–Crippen LogP) is 3.53. The Kier molecular flexibility index (Phi) is 3.86. The van der Waals surface area contributed by atoms with Gasteiger partial charge in [0.2, 0.25) is 0 Å². The van der Waals surface area contributed by atoms with Gasteiger partial charge in [0.25, 0.3) is 0 Å². The van der Waals surface area contributed by atoms with Crippen LogP contribution in [0.25, 0.3) is 0 Å². The molecule has 0 heterocycles. The zero-order chi connectivity index (χ0) is 14.0. The molecule has 0 aliphatic carbocycles. The number of hydrogen-bond donors (Lipinski definition) is 1. The fourth-order valence-electron chi connectivity index (χ4n) is 2.34. The maximum Gasteiger partial charge on any atom is 0.129 e. The van der Waals surface area contributed by atoms with Crippen LogP contribution in [0, 0.1) is 19.7 Å². The van der Waals surface area contributed by atoms with E-state index in [4.69, 9.17) is 4.74 Å². The summed E-state index contributed by atoms with van der Waals surface area (Å²) in [6, 6.07) is 9.91. The van der Waals surface area contributed by atoms with E-state index < -0.39 is 11.9 Å². The Labute approximate surface area is 112 Å². The van der Waals surface area contributed by atoms with Crippen molar-refractivity contribution in [2.24, 2.45) is 0 Å². The lowest BCUT2D eigenvalue weighted by atomic mass is 9.97. The largest absolute Gasteiger partial charge is 0.496 e. The van der Waals surface area contributed by atoms with E-state index in [0.717, 1.165) is 16.9 Å². The van der Waals surface area contributed by atoms with Crippen LogP contribution in [0.3, 0.4) is 0 Å². The average Bonchev–Trinajstić information content (AvgIpc) is 2.38. The van der Waals surface area contributed by atoms with Gasteiger partial charge in [0.05, 0.1) is 7.11 Å². The van der Waals surface area contributed by atoms with Crippen LogP contribution >= 0.6 is 0 Å². The summed E-state index contributed by atoms with van der Waals surface area (Å²) in [4.78, 5) is 0. The van der Waals surface area contributed by atoms with Crippen LogP contribution in [0.2, 0.25) is 0 Å². The van der Waals surface area contributed by atoms with Crippen molar-refractivity contribution < 1.29 is 14.2 Å². The lowest BCUT2D eigenvalue weighted by Crippen LogP contribution is -2.04. The minimum Gasteiger partial charge on any atom is -0.496 e. The number of halogens is 1. The van der Waals surface area contributed by atoms with Crippen LogP contribution < -0.4 is 4.74 Å². The number of rotatable bonds is 3. The number of methoxy groups -OCH3 is 1. The lowest BCUT2D eigenvalue weighted by molar-refractivity contribution is 0.214. The van der Waals surface area contributed by atoms with Gasteiger partial charge in [-0.05, 0) is 48.7 Å². The zero-order valence-corrected chi connectivity index (χ0v) is 11.3. The van der Waals surface area contributed by atoms with Gasteiger partial charge < -0.3 is 9.84 Å². The van der Waals surface area contributed by atoms with Crippen LogP contribution in [0.4, 0.5) is 4.39 Å². The van der Waals surface area contributed by atoms with E-state index in [1.165, 1.54) is 6.07 Å². The van der Waals surface area contributed by atoms with Gasteiger partial charge in [0.1, 0.15) is 17.7 Å². The van der Waals surface area contributed by atoms with Crippen LogP contribution in [0.1, 0.15) is 28.4 Å². The lowest BCUT2D eigenvalue weighted by Gasteiger charge is -2.16. The van der Waals surface area contributed by atoms with Crippen LogP contribution in [0.5, 0.6) is 5.75 Å². The number of hydrogen-bond acceptors (Lipinski definition) is 2. The molecule has 2 aromatic rings. The van der Waals surface area contributed by atoms with E-state index in [1.807, 2.05) is 26.0 Å². The Morgan fingerprint density at radius 1 is 1.11 bits per heavy atom. The van der Waals surface area contributed by atoms with E-state index in [-0.39, 0.29) is 5.56 Å².